The van der Waals surface area contributed by atoms with Gasteiger partial charge in [-0.15, -0.1) is 0 Å². The van der Waals surface area contributed by atoms with Gasteiger partial charge in [-0.1, -0.05) is 0 Å². The van der Waals surface area contributed by atoms with Gasteiger partial charge in [0.1, 0.15) is 0 Å². The molecule has 1 saturated heterocycles. The van der Waals surface area contributed by atoms with Gasteiger partial charge >= 0.3 is 0 Å². The van der Waals surface area contributed by atoms with E-state index < -0.39 is 0 Å². The van der Waals surface area contributed by atoms with Gasteiger partial charge in [0.15, 0.2) is 5.82 Å². The fraction of sp³-hybridized carbons (Fsp3) is 0.600. The molecule has 0 unspecified atom stereocenters. The number of hydrogen-bond acceptors (Lipinski definition) is 4. The van der Waals surface area contributed by atoms with Gasteiger partial charge < -0.3 is 14.8 Å². The van der Waals surface area contributed by atoms with Gasteiger partial charge in [-0.25, -0.2) is 4.98 Å². The highest BCUT2D eigenvalue weighted by molar-refractivity contribution is 5.36. The number of hydrogen-bond donors (Lipinski definition) is 1. The first kappa shape index (κ1) is 10.2. The molecule has 15 heavy (non-hydrogen) atoms. The molecule has 5 heteroatoms. The molecule has 1 fully saturated rings. The molecule has 0 aromatic carbocycles. The van der Waals surface area contributed by atoms with Crippen LogP contribution in [0.5, 0.6) is 0 Å². The van der Waals surface area contributed by atoms with Crippen LogP contribution in [0.25, 0.3) is 0 Å². The summed E-state index contributed by atoms with van der Waals surface area (Å²) in [5, 5.41) is 3.34. The minimum atomic E-state index is -0.0217. The van der Waals surface area contributed by atoms with Crippen LogP contribution in [0, 0.1) is 0 Å². The van der Waals surface area contributed by atoms with Crippen molar-refractivity contribution in [2.45, 2.75) is 13.0 Å². The summed E-state index contributed by atoms with van der Waals surface area (Å²) in [7, 11) is 1.75. The summed E-state index contributed by atoms with van der Waals surface area (Å²) in [5.41, 5.74) is -0.0217. The highest BCUT2D eigenvalue weighted by atomic mass is 16.1. The van der Waals surface area contributed by atoms with E-state index in [1.807, 2.05) is 4.90 Å². The molecule has 1 atom stereocenters. The summed E-state index contributed by atoms with van der Waals surface area (Å²) in [6, 6.07) is 0.408. The average molecular weight is 208 g/mol. The van der Waals surface area contributed by atoms with Crippen molar-refractivity contribution in [2.24, 2.45) is 7.05 Å². The number of anilines is 1. The SMILES string of the molecule is C[C@H]1CN(c2nccn(C)c2=O)CCN1. The average Bonchev–Trinajstić information content (AvgIpc) is 2.22. The normalized spacial score (nSPS) is 21.7. The van der Waals surface area contributed by atoms with Gasteiger partial charge in [0.05, 0.1) is 0 Å². The second-order valence-corrected chi connectivity index (χ2v) is 3.97. The molecule has 1 aliphatic heterocycles. The molecule has 0 bridgehead atoms. The summed E-state index contributed by atoms with van der Waals surface area (Å²) in [6.45, 7) is 4.70. The van der Waals surface area contributed by atoms with E-state index >= 15 is 0 Å². The summed E-state index contributed by atoms with van der Waals surface area (Å²) in [4.78, 5) is 18.0. The largest absolute Gasteiger partial charge is 0.349 e. The highest BCUT2D eigenvalue weighted by Crippen LogP contribution is 2.06. The lowest BCUT2D eigenvalue weighted by Gasteiger charge is -2.32. The summed E-state index contributed by atoms with van der Waals surface area (Å²) >= 11 is 0. The number of nitrogens with one attached hydrogen (secondary N) is 1. The number of aryl methyl sites for hydroxylation is 1. The molecule has 0 radical (unpaired) electrons. The molecule has 2 heterocycles. The molecule has 82 valence electrons. The van der Waals surface area contributed by atoms with Crippen molar-refractivity contribution in [3.63, 3.8) is 0 Å². The van der Waals surface area contributed by atoms with Crippen molar-refractivity contribution in [2.75, 3.05) is 24.5 Å². The Balaban J connectivity index is 2.29. The van der Waals surface area contributed by atoms with Gasteiger partial charge in [-0.2, -0.15) is 0 Å². The first-order valence-electron chi connectivity index (χ1n) is 5.18. The van der Waals surface area contributed by atoms with Crippen LogP contribution < -0.4 is 15.8 Å². The summed E-state index contributed by atoms with van der Waals surface area (Å²) in [6.07, 6.45) is 3.35. The number of aromatic nitrogens is 2. The Labute approximate surface area is 88.7 Å². The van der Waals surface area contributed by atoms with E-state index in [9.17, 15) is 4.79 Å². The van der Waals surface area contributed by atoms with Crippen LogP contribution in [0.4, 0.5) is 5.82 Å². The molecule has 1 aliphatic rings. The monoisotopic (exact) mass is 208 g/mol. The topological polar surface area (TPSA) is 50.2 Å². The van der Waals surface area contributed by atoms with Crippen molar-refractivity contribution in [3.8, 4) is 0 Å². The summed E-state index contributed by atoms with van der Waals surface area (Å²) in [5.74, 6) is 0.563. The highest BCUT2D eigenvalue weighted by Gasteiger charge is 2.19. The second-order valence-electron chi connectivity index (χ2n) is 3.97. The second kappa shape index (κ2) is 4.02. The lowest BCUT2D eigenvalue weighted by Crippen LogP contribution is -2.51. The van der Waals surface area contributed by atoms with Gasteiger partial charge in [-0.3, -0.25) is 4.79 Å². The first-order chi connectivity index (χ1) is 7.18. The lowest BCUT2D eigenvalue weighted by atomic mass is 10.2. The molecule has 0 aliphatic carbocycles. The third-order valence-electron chi connectivity index (χ3n) is 2.67. The Morgan fingerprint density at radius 1 is 1.60 bits per heavy atom. The van der Waals surface area contributed by atoms with E-state index in [0.29, 0.717) is 11.9 Å². The third kappa shape index (κ3) is 2.02. The zero-order valence-electron chi connectivity index (χ0n) is 9.10. The van der Waals surface area contributed by atoms with E-state index in [-0.39, 0.29) is 5.56 Å². The molecule has 1 N–H and O–H groups in total. The van der Waals surface area contributed by atoms with Crippen LogP contribution in [0.15, 0.2) is 17.2 Å². The van der Waals surface area contributed by atoms with E-state index in [1.165, 1.54) is 0 Å². The lowest BCUT2D eigenvalue weighted by molar-refractivity contribution is 0.480. The molecule has 1 aromatic heterocycles. The Morgan fingerprint density at radius 2 is 2.40 bits per heavy atom. The van der Waals surface area contributed by atoms with E-state index in [2.05, 4.69) is 17.2 Å². The van der Waals surface area contributed by atoms with Crippen LogP contribution in [0.3, 0.4) is 0 Å². The predicted octanol–water partition coefficient (Wildman–Crippen LogP) is -0.422. The van der Waals surface area contributed by atoms with Crippen LogP contribution in [-0.2, 0) is 7.05 Å². The van der Waals surface area contributed by atoms with Crippen LogP contribution in [0.2, 0.25) is 0 Å². The van der Waals surface area contributed by atoms with Gasteiger partial charge in [0.25, 0.3) is 5.56 Å². The molecule has 0 spiro atoms. The Bertz CT molecular complexity index is 401. The zero-order valence-corrected chi connectivity index (χ0v) is 9.10. The molecular formula is C10H16N4O. The molecular weight excluding hydrogens is 192 g/mol. The van der Waals surface area contributed by atoms with E-state index in [4.69, 9.17) is 0 Å². The van der Waals surface area contributed by atoms with Crippen molar-refractivity contribution in [1.82, 2.24) is 14.9 Å². The molecule has 0 saturated carbocycles. The standard InChI is InChI=1S/C10H16N4O/c1-8-7-14(6-4-11-8)9-10(15)13(2)5-3-12-9/h3,5,8,11H,4,6-7H2,1-2H3/t8-/m0/s1. The van der Waals surface area contributed by atoms with Crippen molar-refractivity contribution in [1.29, 1.82) is 0 Å². The third-order valence-corrected chi connectivity index (χ3v) is 2.67. The molecule has 5 nitrogen and oxygen atoms in total. The maximum atomic E-state index is 11.8. The van der Waals surface area contributed by atoms with Gasteiger partial charge in [0, 0.05) is 45.1 Å². The zero-order chi connectivity index (χ0) is 10.8. The number of nitrogens with zero attached hydrogens (tertiary/aromatic N) is 3. The molecule has 2 rings (SSSR count). The fourth-order valence-corrected chi connectivity index (χ4v) is 1.83. The maximum Gasteiger partial charge on any atom is 0.293 e. The Kier molecular flexibility index (Phi) is 2.73. The van der Waals surface area contributed by atoms with Gasteiger partial charge in [0.2, 0.25) is 0 Å². The van der Waals surface area contributed by atoms with Crippen molar-refractivity contribution >= 4 is 5.82 Å². The summed E-state index contributed by atoms with van der Waals surface area (Å²) < 4.78 is 1.56. The Morgan fingerprint density at radius 3 is 3.13 bits per heavy atom. The molecule has 1 aromatic rings. The molecule has 0 amide bonds. The number of rotatable bonds is 1. The van der Waals surface area contributed by atoms with Crippen LogP contribution >= 0.6 is 0 Å². The maximum absolute atomic E-state index is 11.8. The van der Waals surface area contributed by atoms with Gasteiger partial charge in [-0.05, 0) is 6.92 Å². The minimum absolute atomic E-state index is 0.0217. The van der Waals surface area contributed by atoms with Crippen molar-refractivity contribution in [3.05, 3.63) is 22.7 Å². The van der Waals surface area contributed by atoms with E-state index in [0.717, 1.165) is 19.6 Å². The first-order valence-corrected chi connectivity index (χ1v) is 5.18. The number of piperazine rings is 1. The van der Waals surface area contributed by atoms with Crippen LogP contribution in [0.1, 0.15) is 6.92 Å². The quantitative estimate of drug-likeness (QED) is 0.681. The Hall–Kier alpha value is -1.36. The smallest absolute Gasteiger partial charge is 0.293 e. The van der Waals surface area contributed by atoms with Crippen molar-refractivity contribution < 1.29 is 0 Å². The van der Waals surface area contributed by atoms with Crippen LogP contribution in [-0.4, -0.2) is 35.2 Å². The predicted molar refractivity (Wildman–Crippen MR) is 59.2 cm³/mol. The fourth-order valence-electron chi connectivity index (χ4n) is 1.83. The van der Waals surface area contributed by atoms with E-state index in [1.54, 1.807) is 24.0 Å². The minimum Gasteiger partial charge on any atom is -0.349 e.